The van der Waals surface area contributed by atoms with E-state index in [4.69, 9.17) is 0 Å². The molecule has 0 unspecified atom stereocenters. The van der Waals surface area contributed by atoms with Gasteiger partial charge in [0.15, 0.2) is 0 Å². The van der Waals surface area contributed by atoms with Gasteiger partial charge in [0.2, 0.25) is 0 Å². The van der Waals surface area contributed by atoms with Crippen molar-refractivity contribution in [1.29, 1.82) is 0 Å². The van der Waals surface area contributed by atoms with Crippen LogP contribution in [0.15, 0.2) is 22.7 Å². The highest BCUT2D eigenvalue weighted by Crippen LogP contribution is 2.25. The Morgan fingerprint density at radius 2 is 2.00 bits per heavy atom. The van der Waals surface area contributed by atoms with E-state index in [-0.39, 0.29) is 6.61 Å². The van der Waals surface area contributed by atoms with Gasteiger partial charge < -0.3 is 15.1 Å². The van der Waals surface area contributed by atoms with Gasteiger partial charge in [-0.25, -0.2) is 0 Å². The van der Waals surface area contributed by atoms with Crippen LogP contribution >= 0.6 is 15.9 Å². The third-order valence-electron chi connectivity index (χ3n) is 2.25. The van der Waals surface area contributed by atoms with Crippen LogP contribution in [-0.4, -0.2) is 29.4 Å². The third kappa shape index (κ3) is 3.77. The monoisotopic (exact) mass is 287 g/mol. The molecule has 0 aliphatic heterocycles. The fourth-order valence-electron chi connectivity index (χ4n) is 1.69. The van der Waals surface area contributed by atoms with E-state index in [2.05, 4.69) is 15.9 Å². The summed E-state index contributed by atoms with van der Waals surface area (Å²) in [5.74, 6) is 0. The van der Waals surface area contributed by atoms with Crippen LogP contribution in [0.3, 0.4) is 0 Å². The Labute approximate surface area is 105 Å². The lowest BCUT2D eigenvalue weighted by molar-refractivity contribution is 0.0885. The van der Waals surface area contributed by atoms with Crippen LogP contribution in [-0.2, 0) is 6.61 Å². The van der Waals surface area contributed by atoms with Crippen molar-refractivity contribution in [2.75, 3.05) is 18.5 Å². The fraction of sp³-hybridized carbons (Fsp3) is 0.500. The molecular formula is C12H18BrNO2. The summed E-state index contributed by atoms with van der Waals surface area (Å²) >= 11 is 3.40. The molecule has 0 fully saturated rings. The predicted octanol–water partition coefficient (Wildman–Crippen LogP) is 2.15. The molecule has 3 nitrogen and oxygen atoms in total. The minimum absolute atomic E-state index is 0.00118. The maximum atomic E-state index is 9.77. The molecule has 16 heavy (non-hydrogen) atoms. The van der Waals surface area contributed by atoms with E-state index in [1.165, 1.54) is 0 Å². The summed E-state index contributed by atoms with van der Waals surface area (Å²) < 4.78 is 0.960. The van der Waals surface area contributed by atoms with Crippen LogP contribution in [0.2, 0.25) is 0 Å². The van der Waals surface area contributed by atoms with Gasteiger partial charge in [0.25, 0.3) is 0 Å². The Kier molecular flexibility index (Phi) is 4.35. The van der Waals surface area contributed by atoms with Crippen molar-refractivity contribution < 1.29 is 10.2 Å². The Bertz CT molecular complexity index is 361. The molecular weight excluding hydrogens is 270 g/mol. The van der Waals surface area contributed by atoms with E-state index in [1.54, 1.807) is 13.8 Å². The molecule has 0 spiro atoms. The zero-order valence-electron chi connectivity index (χ0n) is 9.87. The van der Waals surface area contributed by atoms with Gasteiger partial charge in [0.05, 0.1) is 12.2 Å². The topological polar surface area (TPSA) is 43.7 Å². The largest absolute Gasteiger partial charge is 0.392 e. The summed E-state index contributed by atoms with van der Waals surface area (Å²) in [5, 5.41) is 19.0. The van der Waals surface area contributed by atoms with E-state index in [0.29, 0.717) is 6.54 Å². The van der Waals surface area contributed by atoms with Gasteiger partial charge in [0, 0.05) is 29.3 Å². The van der Waals surface area contributed by atoms with Crippen molar-refractivity contribution in [1.82, 2.24) is 0 Å². The second-order valence-electron chi connectivity index (χ2n) is 4.60. The minimum atomic E-state index is -0.760. The Hall–Kier alpha value is -0.580. The van der Waals surface area contributed by atoms with Crippen molar-refractivity contribution in [2.45, 2.75) is 26.1 Å². The zero-order chi connectivity index (χ0) is 12.3. The maximum Gasteiger partial charge on any atom is 0.0765 e. The summed E-state index contributed by atoms with van der Waals surface area (Å²) in [5.41, 5.74) is 1.03. The highest BCUT2D eigenvalue weighted by Gasteiger charge is 2.17. The van der Waals surface area contributed by atoms with Crippen LogP contribution < -0.4 is 4.90 Å². The van der Waals surface area contributed by atoms with Crippen molar-refractivity contribution in [3.05, 3.63) is 28.2 Å². The van der Waals surface area contributed by atoms with Gasteiger partial charge in [-0.1, -0.05) is 22.0 Å². The molecule has 0 saturated heterocycles. The van der Waals surface area contributed by atoms with E-state index < -0.39 is 5.60 Å². The molecule has 1 rings (SSSR count). The van der Waals surface area contributed by atoms with Crippen LogP contribution in [0.4, 0.5) is 5.69 Å². The summed E-state index contributed by atoms with van der Waals surface area (Å²) in [6.07, 6.45) is 0. The first-order chi connectivity index (χ1) is 7.33. The third-order valence-corrected chi connectivity index (χ3v) is 2.75. The Morgan fingerprint density at radius 3 is 2.50 bits per heavy atom. The van der Waals surface area contributed by atoms with Gasteiger partial charge >= 0.3 is 0 Å². The minimum Gasteiger partial charge on any atom is -0.392 e. The molecule has 1 aromatic carbocycles. The number of aliphatic hydroxyl groups excluding tert-OH is 1. The number of hydrogen-bond donors (Lipinski definition) is 2. The smallest absolute Gasteiger partial charge is 0.0765 e. The molecule has 1 aromatic rings. The van der Waals surface area contributed by atoms with Crippen molar-refractivity contribution in [3.63, 3.8) is 0 Å². The van der Waals surface area contributed by atoms with Gasteiger partial charge in [-0.3, -0.25) is 0 Å². The van der Waals surface area contributed by atoms with Gasteiger partial charge in [-0.2, -0.15) is 0 Å². The molecule has 2 N–H and O–H groups in total. The summed E-state index contributed by atoms with van der Waals surface area (Å²) in [6.45, 7) is 4.04. The summed E-state index contributed by atoms with van der Waals surface area (Å²) in [7, 11) is 1.90. The van der Waals surface area contributed by atoms with E-state index in [9.17, 15) is 10.2 Å². The predicted molar refractivity (Wildman–Crippen MR) is 69.6 cm³/mol. The van der Waals surface area contributed by atoms with E-state index in [0.717, 1.165) is 15.7 Å². The zero-order valence-corrected chi connectivity index (χ0v) is 11.5. The highest BCUT2D eigenvalue weighted by atomic mass is 79.9. The molecule has 0 amide bonds. The molecule has 90 valence electrons. The maximum absolute atomic E-state index is 9.77. The average Bonchev–Trinajstić information content (AvgIpc) is 2.15. The molecule has 0 radical (unpaired) electrons. The molecule has 0 saturated carbocycles. The van der Waals surface area contributed by atoms with Crippen molar-refractivity contribution in [3.8, 4) is 0 Å². The Morgan fingerprint density at radius 1 is 1.38 bits per heavy atom. The molecule has 0 atom stereocenters. The normalized spacial score (nSPS) is 11.6. The SMILES string of the molecule is CN(CC(C)(C)O)c1cc(Br)ccc1CO. The van der Waals surface area contributed by atoms with Crippen molar-refractivity contribution >= 4 is 21.6 Å². The summed E-state index contributed by atoms with van der Waals surface area (Å²) in [4.78, 5) is 1.94. The molecule has 0 bridgehead atoms. The van der Waals surface area contributed by atoms with Crippen LogP contribution in [0.1, 0.15) is 19.4 Å². The second kappa shape index (κ2) is 5.17. The number of anilines is 1. The average molecular weight is 288 g/mol. The fourth-order valence-corrected chi connectivity index (χ4v) is 2.04. The highest BCUT2D eigenvalue weighted by molar-refractivity contribution is 9.10. The quantitative estimate of drug-likeness (QED) is 0.892. The Balaban J connectivity index is 2.97. The van der Waals surface area contributed by atoms with E-state index >= 15 is 0 Å². The number of hydrogen-bond acceptors (Lipinski definition) is 3. The number of halogens is 1. The number of rotatable bonds is 4. The molecule has 0 aliphatic rings. The molecule has 0 aromatic heterocycles. The van der Waals surface area contributed by atoms with Gasteiger partial charge in [-0.05, 0) is 26.0 Å². The summed E-state index contributed by atoms with van der Waals surface area (Å²) in [6, 6.07) is 5.71. The van der Waals surface area contributed by atoms with Crippen LogP contribution in [0.25, 0.3) is 0 Å². The second-order valence-corrected chi connectivity index (χ2v) is 5.52. The molecule has 0 aliphatic carbocycles. The first-order valence-electron chi connectivity index (χ1n) is 5.16. The van der Waals surface area contributed by atoms with E-state index in [1.807, 2.05) is 30.1 Å². The molecule has 0 heterocycles. The lowest BCUT2D eigenvalue weighted by Gasteiger charge is -2.28. The van der Waals surface area contributed by atoms with Gasteiger partial charge in [-0.15, -0.1) is 0 Å². The van der Waals surface area contributed by atoms with Crippen LogP contribution in [0.5, 0.6) is 0 Å². The van der Waals surface area contributed by atoms with Gasteiger partial charge in [0.1, 0.15) is 0 Å². The first-order valence-corrected chi connectivity index (χ1v) is 5.95. The number of nitrogens with zero attached hydrogens (tertiary/aromatic N) is 1. The number of aliphatic hydroxyl groups is 2. The van der Waals surface area contributed by atoms with Crippen molar-refractivity contribution in [2.24, 2.45) is 0 Å². The lowest BCUT2D eigenvalue weighted by atomic mass is 10.1. The molecule has 4 heteroatoms. The van der Waals surface area contributed by atoms with Crippen LogP contribution in [0, 0.1) is 0 Å². The first kappa shape index (κ1) is 13.5. The number of benzene rings is 1. The lowest BCUT2D eigenvalue weighted by Crippen LogP contribution is -2.36. The standard InChI is InChI=1S/C12H18BrNO2/c1-12(2,16)8-14(3)11-6-10(13)5-4-9(11)7-15/h4-6,15-16H,7-8H2,1-3H3. The number of likely N-dealkylation sites (N-methyl/N-ethyl adjacent to an activating group) is 1.